The van der Waals surface area contributed by atoms with Crippen LogP contribution in [-0.2, 0) is 46.9 Å². The van der Waals surface area contributed by atoms with Crippen LogP contribution in [0, 0.1) is 5.41 Å². The number of anilines is 1. The number of nitrogens with two attached hydrogens (primary N) is 1. The number of hydrogen-bond donors (Lipinski definition) is 2. The highest BCUT2D eigenvalue weighted by Crippen LogP contribution is 2.39. The van der Waals surface area contributed by atoms with E-state index in [0.717, 1.165) is 44.2 Å². The standard InChI is InChI=1S/C22H29N5O4S/c1-22(12-30-2)11-27-20(31-13-22)18(10-24-27)32(23,29)26-21(28)25-19-16-7-3-5-14(16)9-15-6-4-8-17(15)19/h9-10H,3-8,11-13H2,1-2H3,(H3,23,25,26,28,29)/t22-,32+/m1/s1. The minimum absolute atomic E-state index is 0.135. The van der Waals surface area contributed by atoms with E-state index in [-0.39, 0.29) is 10.3 Å². The lowest BCUT2D eigenvalue weighted by atomic mass is 9.92. The van der Waals surface area contributed by atoms with Gasteiger partial charge in [-0.2, -0.15) is 5.10 Å². The molecule has 2 amide bonds. The molecule has 0 radical (unpaired) electrons. The topological polar surface area (TPSA) is 121 Å². The van der Waals surface area contributed by atoms with Crippen molar-refractivity contribution in [3.05, 3.63) is 34.5 Å². The summed E-state index contributed by atoms with van der Waals surface area (Å²) in [6.07, 6.45) is 7.45. The molecule has 0 saturated heterocycles. The van der Waals surface area contributed by atoms with Crippen molar-refractivity contribution in [2.45, 2.75) is 56.9 Å². The number of carbonyl (C=O) groups excluding carboxylic acids is 1. The molecular formula is C22H29N5O4S. The van der Waals surface area contributed by atoms with Gasteiger partial charge in [0, 0.05) is 18.2 Å². The molecule has 2 aliphatic carbocycles. The molecule has 3 aliphatic rings. The minimum atomic E-state index is -3.53. The number of rotatable bonds is 4. The molecule has 2 heterocycles. The lowest BCUT2D eigenvalue weighted by molar-refractivity contribution is 0.00897. The Balaban J connectivity index is 1.43. The van der Waals surface area contributed by atoms with Gasteiger partial charge in [-0.05, 0) is 60.8 Å². The van der Waals surface area contributed by atoms with Crippen LogP contribution in [0.5, 0.6) is 5.88 Å². The Hall–Kier alpha value is -2.43. The Labute approximate surface area is 188 Å². The maximum absolute atomic E-state index is 13.3. The number of ether oxygens (including phenoxy) is 2. The van der Waals surface area contributed by atoms with Gasteiger partial charge in [0.05, 0.1) is 26.0 Å². The van der Waals surface area contributed by atoms with Crippen LogP contribution in [0.1, 0.15) is 42.0 Å². The van der Waals surface area contributed by atoms with Gasteiger partial charge in [0.25, 0.3) is 0 Å². The first-order chi connectivity index (χ1) is 15.3. The van der Waals surface area contributed by atoms with E-state index in [4.69, 9.17) is 14.6 Å². The fraction of sp³-hybridized carbons (Fsp3) is 0.545. The van der Waals surface area contributed by atoms with Crippen molar-refractivity contribution in [2.24, 2.45) is 14.9 Å². The number of benzene rings is 1. The number of fused-ring (bicyclic) bond motifs is 3. The van der Waals surface area contributed by atoms with Crippen LogP contribution < -0.4 is 15.2 Å². The Morgan fingerprint density at radius 2 is 2.00 bits per heavy atom. The number of nitrogens with zero attached hydrogens (tertiary/aromatic N) is 3. The molecule has 0 saturated carbocycles. The zero-order chi connectivity index (χ0) is 22.5. The van der Waals surface area contributed by atoms with Gasteiger partial charge in [0.1, 0.15) is 4.90 Å². The highest BCUT2D eigenvalue weighted by molar-refractivity contribution is 7.91. The molecule has 1 aliphatic heterocycles. The highest BCUT2D eigenvalue weighted by Gasteiger charge is 2.35. The molecule has 0 unspecified atom stereocenters. The molecule has 9 nitrogen and oxygen atoms in total. The number of aryl methyl sites for hydroxylation is 2. The first kappa shape index (κ1) is 21.4. The van der Waals surface area contributed by atoms with E-state index in [1.807, 2.05) is 6.92 Å². The summed E-state index contributed by atoms with van der Waals surface area (Å²) in [7, 11) is -1.90. The highest BCUT2D eigenvalue weighted by atomic mass is 32.2. The Kier molecular flexibility index (Phi) is 5.26. The lowest BCUT2D eigenvalue weighted by Crippen LogP contribution is -2.39. The predicted molar refractivity (Wildman–Crippen MR) is 120 cm³/mol. The smallest absolute Gasteiger partial charge is 0.354 e. The molecule has 0 fully saturated rings. The van der Waals surface area contributed by atoms with Crippen molar-refractivity contribution in [3.8, 4) is 5.88 Å². The molecule has 3 N–H and O–H groups in total. The first-order valence-electron chi connectivity index (χ1n) is 11.0. The third kappa shape index (κ3) is 3.70. The number of nitrogens with one attached hydrogen (secondary N) is 1. The normalized spacial score (nSPS) is 23.0. The van der Waals surface area contributed by atoms with E-state index in [1.165, 1.54) is 28.5 Å². The van der Waals surface area contributed by atoms with E-state index in [2.05, 4.69) is 20.8 Å². The predicted octanol–water partition coefficient (Wildman–Crippen LogP) is 2.84. The van der Waals surface area contributed by atoms with Crippen LogP contribution in [0.3, 0.4) is 0 Å². The van der Waals surface area contributed by atoms with Crippen molar-refractivity contribution in [1.82, 2.24) is 9.78 Å². The third-order valence-electron chi connectivity index (χ3n) is 6.58. The van der Waals surface area contributed by atoms with Crippen molar-refractivity contribution in [2.75, 3.05) is 25.6 Å². The molecule has 2 atom stereocenters. The average Bonchev–Trinajstić information content (AvgIpc) is 3.45. The fourth-order valence-electron chi connectivity index (χ4n) is 5.17. The summed E-state index contributed by atoms with van der Waals surface area (Å²) in [5.41, 5.74) is 5.55. The van der Waals surface area contributed by atoms with Crippen LogP contribution in [-0.4, -0.2) is 40.3 Å². The summed E-state index contributed by atoms with van der Waals surface area (Å²) in [6, 6.07) is 1.59. The second-order valence-corrected chi connectivity index (χ2v) is 11.1. The van der Waals surface area contributed by atoms with Crippen LogP contribution in [0.4, 0.5) is 10.5 Å². The number of urea groups is 1. The second kappa shape index (κ2) is 7.86. The van der Waals surface area contributed by atoms with Crippen molar-refractivity contribution >= 4 is 21.6 Å². The minimum Gasteiger partial charge on any atom is -0.476 e. The van der Waals surface area contributed by atoms with E-state index in [0.29, 0.717) is 25.6 Å². The number of hydrogen-bond acceptors (Lipinski definition) is 5. The van der Waals surface area contributed by atoms with Crippen molar-refractivity contribution in [3.63, 3.8) is 0 Å². The van der Waals surface area contributed by atoms with Gasteiger partial charge in [-0.1, -0.05) is 13.0 Å². The summed E-state index contributed by atoms with van der Waals surface area (Å²) >= 11 is 0. The van der Waals surface area contributed by atoms with Gasteiger partial charge >= 0.3 is 6.03 Å². The largest absolute Gasteiger partial charge is 0.476 e. The van der Waals surface area contributed by atoms with Gasteiger partial charge < -0.3 is 14.8 Å². The first-order valence-corrected chi connectivity index (χ1v) is 12.6. The summed E-state index contributed by atoms with van der Waals surface area (Å²) in [6.45, 7) is 3.41. The maximum atomic E-state index is 13.3. The molecule has 32 heavy (non-hydrogen) atoms. The molecule has 0 spiro atoms. The second-order valence-electron chi connectivity index (χ2n) is 9.33. The Morgan fingerprint density at radius 1 is 1.31 bits per heavy atom. The zero-order valence-corrected chi connectivity index (χ0v) is 19.3. The van der Waals surface area contributed by atoms with Crippen LogP contribution in [0.25, 0.3) is 0 Å². The lowest BCUT2D eigenvalue weighted by Gasteiger charge is -2.33. The molecule has 2 aromatic rings. The molecule has 1 aromatic carbocycles. The van der Waals surface area contributed by atoms with Gasteiger partial charge in [0.2, 0.25) is 5.88 Å². The summed E-state index contributed by atoms with van der Waals surface area (Å²) in [4.78, 5) is 13.0. The monoisotopic (exact) mass is 459 g/mol. The average molecular weight is 460 g/mol. The maximum Gasteiger partial charge on any atom is 0.354 e. The third-order valence-corrected chi connectivity index (χ3v) is 7.93. The fourth-order valence-corrected chi connectivity index (χ4v) is 6.17. The van der Waals surface area contributed by atoms with E-state index in [1.54, 1.807) is 11.8 Å². The van der Waals surface area contributed by atoms with Crippen LogP contribution >= 0.6 is 0 Å². The number of aromatic nitrogens is 2. The molecule has 1 aromatic heterocycles. The van der Waals surface area contributed by atoms with Gasteiger partial charge in [-0.25, -0.2) is 18.8 Å². The summed E-state index contributed by atoms with van der Waals surface area (Å²) < 4.78 is 29.9. The number of methoxy groups -OCH3 is 1. The van der Waals surface area contributed by atoms with Gasteiger partial charge in [0.15, 0.2) is 9.92 Å². The molecule has 172 valence electrons. The van der Waals surface area contributed by atoms with E-state index >= 15 is 0 Å². The Morgan fingerprint density at radius 3 is 2.66 bits per heavy atom. The van der Waals surface area contributed by atoms with Crippen molar-refractivity contribution in [1.29, 1.82) is 0 Å². The van der Waals surface area contributed by atoms with Gasteiger partial charge in [-0.3, -0.25) is 0 Å². The molecule has 5 rings (SSSR count). The SMILES string of the molecule is COC[C@]1(C)COc2c([S@@](N)(=O)=NC(=O)Nc3c4c(cc5c3CCC5)CCC4)cnn2C1. The zero-order valence-electron chi connectivity index (χ0n) is 18.5. The van der Waals surface area contributed by atoms with Crippen LogP contribution in [0.15, 0.2) is 21.5 Å². The number of carbonyl (C=O) groups is 1. The molecule has 10 heteroatoms. The van der Waals surface area contributed by atoms with Crippen LogP contribution in [0.2, 0.25) is 0 Å². The molecular weight excluding hydrogens is 430 g/mol. The number of amides is 2. The van der Waals surface area contributed by atoms with Gasteiger partial charge in [-0.15, -0.1) is 4.36 Å². The van der Waals surface area contributed by atoms with E-state index in [9.17, 15) is 9.00 Å². The molecule has 0 bridgehead atoms. The summed E-state index contributed by atoms with van der Waals surface area (Å²) in [5.74, 6) is 0.295. The summed E-state index contributed by atoms with van der Waals surface area (Å²) in [5, 5.41) is 13.2. The Bertz CT molecular complexity index is 1180. The van der Waals surface area contributed by atoms with E-state index < -0.39 is 15.9 Å². The quantitative estimate of drug-likeness (QED) is 0.728. The van der Waals surface area contributed by atoms with Crippen molar-refractivity contribution < 1.29 is 18.5 Å².